The maximum Gasteiger partial charge on any atom is 0.267 e. The molecular formula is C21H19ClN2O3S. The molecule has 28 heavy (non-hydrogen) atoms. The van der Waals surface area contributed by atoms with E-state index in [0.717, 1.165) is 36.0 Å². The van der Waals surface area contributed by atoms with Gasteiger partial charge in [0.1, 0.15) is 10.6 Å². The van der Waals surface area contributed by atoms with E-state index in [0.29, 0.717) is 26.9 Å². The van der Waals surface area contributed by atoms with E-state index in [2.05, 4.69) is 5.32 Å². The number of ether oxygens (including phenoxy) is 1. The summed E-state index contributed by atoms with van der Waals surface area (Å²) in [4.78, 5) is 27.6. The lowest BCUT2D eigenvalue weighted by Crippen LogP contribution is -2.27. The largest absolute Gasteiger partial charge is 0.497 e. The molecule has 7 heteroatoms. The van der Waals surface area contributed by atoms with Crippen LogP contribution in [0.15, 0.2) is 42.5 Å². The standard InChI is InChI=1S/C21H19ClN2O3S/c1-27-15-7-8-16-17(12-15)28-19(18(16)22)20(25)23-14-6-4-5-13(11-14)21(26)24-9-2-3-10-24/h4-8,11-12H,2-3,9-10H2,1H3,(H,23,25). The summed E-state index contributed by atoms with van der Waals surface area (Å²) < 4.78 is 6.11. The fourth-order valence-corrected chi connectivity index (χ4v) is 4.78. The third-order valence-electron chi connectivity index (χ3n) is 4.80. The van der Waals surface area contributed by atoms with Crippen LogP contribution in [-0.4, -0.2) is 36.9 Å². The second kappa shape index (κ2) is 7.81. The zero-order valence-corrected chi connectivity index (χ0v) is 16.9. The van der Waals surface area contributed by atoms with Gasteiger partial charge in [0, 0.05) is 34.4 Å². The maximum absolute atomic E-state index is 12.8. The second-order valence-corrected chi connectivity index (χ2v) is 8.07. The predicted octanol–water partition coefficient (Wildman–Crippen LogP) is 5.05. The molecule has 1 aromatic heterocycles. The Morgan fingerprint density at radius 2 is 1.93 bits per heavy atom. The summed E-state index contributed by atoms with van der Waals surface area (Å²) >= 11 is 7.74. The van der Waals surface area contributed by atoms with E-state index < -0.39 is 0 Å². The summed E-state index contributed by atoms with van der Waals surface area (Å²) in [5, 5.41) is 4.10. The molecule has 3 aromatic rings. The van der Waals surface area contributed by atoms with Crippen molar-refractivity contribution in [3.8, 4) is 5.75 Å². The van der Waals surface area contributed by atoms with Crippen molar-refractivity contribution in [2.24, 2.45) is 0 Å². The van der Waals surface area contributed by atoms with E-state index in [1.807, 2.05) is 23.1 Å². The van der Waals surface area contributed by atoms with Crippen LogP contribution in [0.3, 0.4) is 0 Å². The van der Waals surface area contributed by atoms with Crippen molar-refractivity contribution in [1.82, 2.24) is 4.90 Å². The number of anilines is 1. The molecule has 1 aliphatic rings. The number of fused-ring (bicyclic) bond motifs is 1. The van der Waals surface area contributed by atoms with E-state index in [1.54, 1.807) is 31.4 Å². The maximum atomic E-state index is 12.8. The van der Waals surface area contributed by atoms with Gasteiger partial charge in [0.15, 0.2) is 0 Å². The topological polar surface area (TPSA) is 58.6 Å². The monoisotopic (exact) mass is 414 g/mol. The summed E-state index contributed by atoms with van der Waals surface area (Å²) in [5.41, 5.74) is 1.15. The number of benzene rings is 2. The highest BCUT2D eigenvalue weighted by Crippen LogP contribution is 2.37. The number of amides is 2. The van der Waals surface area contributed by atoms with E-state index in [9.17, 15) is 9.59 Å². The number of hydrogen-bond donors (Lipinski definition) is 1. The zero-order valence-electron chi connectivity index (χ0n) is 15.3. The molecule has 1 saturated heterocycles. The second-order valence-electron chi connectivity index (χ2n) is 6.64. The van der Waals surface area contributed by atoms with Gasteiger partial charge in [-0.3, -0.25) is 9.59 Å². The molecule has 1 aliphatic heterocycles. The van der Waals surface area contributed by atoms with Crippen LogP contribution in [-0.2, 0) is 0 Å². The van der Waals surface area contributed by atoms with Gasteiger partial charge in [-0.05, 0) is 49.2 Å². The number of carbonyl (C=O) groups is 2. The normalized spacial score (nSPS) is 13.7. The van der Waals surface area contributed by atoms with Crippen molar-refractivity contribution < 1.29 is 14.3 Å². The van der Waals surface area contributed by atoms with Gasteiger partial charge in [-0.2, -0.15) is 0 Å². The summed E-state index contributed by atoms with van der Waals surface area (Å²) in [6.45, 7) is 1.58. The van der Waals surface area contributed by atoms with Gasteiger partial charge in [-0.1, -0.05) is 17.7 Å². The highest BCUT2D eigenvalue weighted by molar-refractivity contribution is 7.21. The number of methoxy groups -OCH3 is 1. The average molecular weight is 415 g/mol. The molecule has 0 aliphatic carbocycles. The fourth-order valence-electron chi connectivity index (χ4n) is 3.34. The lowest BCUT2D eigenvalue weighted by atomic mass is 10.1. The Morgan fingerprint density at radius 3 is 2.68 bits per heavy atom. The van der Waals surface area contributed by atoms with Crippen molar-refractivity contribution >= 4 is 50.5 Å². The molecule has 0 atom stereocenters. The lowest BCUT2D eigenvalue weighted by molar-refractivity contribution is 0.0792. The Hall–Kier alpha value is -2.57. The number of halogens is 1. The molecule has 2 aromatic carbocycles. The number of thiophene rings is 1. The molecule has 0 radical (unpaired) electrons. The van der Waals surface area contributed by atoms with Crippen LogP contribution in [0.4, 0.5) is 5.69 Å². The van der Waals surface area contributed by atoms with Gasteiger partial charge in [-0.15, -0.1) is 11.3 Å². The smallest absolute Gasteiger partial charge is 0.267 e. The van der Waals surface area contributed by atoms with Crippen molar-refractivity contribution in [2.75, 3.05) is 25.5 Å². The molecule has 2 heterocycles. The molecule has 4 rings (SSSR count). The van der Waals surface area contributed by atoms with Crippen LogP contribution in [0, 0.1) is 0 Å². The van der Waals surface area contributed by atoms with Crippen LogP contribution >= 0.6 is 22.9 Å². The van der Waals surface area contributed by atoms with Crippen molar-refractivity contribution in [3.05, 3.63) is 57.9 Å². The average Bonchev–Trinajstić information content (AvgIpc) is 3.36. The van der Waals surface area contributed by atoms with Crippen LogP contribution in [0.1, 0.15) is 32.9 Å². The van der Waals surface area contributed by atoms with Gasteiger partial charge in [0.2, 0.25) is 0 Å². The van der Waals surface area contributed by atoms with Gasteiger partial charge >= 0.3 is 0 Å². The molecule has 1 fully saturated rings. The number of carbonyl (C=O) groups excluding carboxylic acids is 2. The Balaban J connectivity index is 1.57. The van der Waals surface area contributed by atoms with E-state index in [4.69, 9.17) is 16.3 Å². The SMILES string of the molecule is COc1ccc2c(Cl)c(C(=O)Nc3cccc(C(=O)N4CCCC4)c3)sc2c1. The minimum atomic E-state index is -0.295. The summed E-state index contributed by atoms with van der Waals surface area (Å²) in [6.07, 6.45) is 2.08. The van der Waals surface area contributed by atoms with E-state index >= 15 is 0 Å². The van der Waals surface area contributed by atoms with Gasteiger partial charge < -0.3 is 15.0 Å². The Morgan fingerprint density at radius 1 is 1.14 bits per heavy atom. The van der Waals surface area contributed by atoms with Crippen molar-refractivity contribution in [1.29, 1.82) is 0 Å². The first kappa shape index (κ1) is 18.8. The quantitative estimate of drug-likeness (QED) is 0.649. The third kappa shape index (κ3) is 3.57. The molecule has 0 saturated carbocycles. The third-order valence-corrected chi connectivity index (χ3v) is 6.46. The first-order valence-electron chi connectivity index (χ1n) is 9.03. The first-order chi connectivity index (χ1) is 13.6. The number of hydrogen-bond acceptors (Lipinski definition) is 4. The van der Waals surface area contributed by atoms with Gasteiger partial charge in [0.05, 0.1) is 12.1 Å². The zero-order chi connectivity index (χ0) is 19.7. The summed E-state index contributed by atoms with van der Waals surface area (Å²) in [5.74, 6) is 0.419. The van der Waals surface area contributed by atoms with Crippen LogP contribution < -0.4 is 10.1 Å². The molecule has 2 amide bonds. The Kier molecular flexibility index (Phi) is 5.24. The number of nitrogens with zero attached hydrogens (tertiary/aromatic N) is 1. The fraction of sp³-hybridized carbons (Fsp3) is 0.238. The van der Waals surface area contributed by atoms with E-state index in [1.165, 1.54) is 11.3 Å². The first-order valence-corrected chi connectivity index (χ1v) is 10.2. The number of rotatable bonds is 4. The molecule has 5 nitrogen and oxygen atoms in total. The van der Waals surface area contributed by atoms with Crippen LogP contribution in [0.2, 0.25) is 5.02 Å². The molecule has 144 valence electrons. The van der Waals surface area contributed by atoms with Gasteiger partial charge in [0.25, 0.3) is 11.8 Å². The highest BCUT2D eigenvalue weighted by atomic mass is 35.5. The summed E-state index contributed by atoms with van der Waals surface area (Å²) in [7, 11) is 1.60. The van der Waals surface area contributed by atoms with Crippen molar-refractivity contribution in [2.45, 2.75) is 12.8 Å². The molecule has 0 spiro atoms. The molecule has 0 unspecified atom stereocenters. The predicted molar refractivity (Wildman–Crippen MR) is 113 cm³/mol. The molecular weight excluding hydrogens is 396 g/mol. The Bertz CT molecular complexity index is 1060. The minimum absolute atomic E-state index is 0.000545. The van der Waals surface area contributed by atoms with Gasteiger partial charge in [-0.25, -0.2) is 0 Å². The minimum Gasteiger partial charge on any atom is -0.497 e. The highest BCUT2D eigenvalue weighted by Gasteiger charge is 2.21. The van der Waals surface area contributed by atoms with Crippen LogP contribution in [0.25, 0.3) is 10.1 Å². The molecule has 0 bridgehead atoms. The number of likely N-dealkylation sites (tertiary alicyclic amines) is 1. The van der Waals surface area contributed by atoms with E-state index in [-0.39, 0.29) is 11.8 Å². The van der Waals surface area contributed by atoms with Crippen LogP contribution in [0.5, 0.6) is 5.75 Å². The Labute approximate surface area is 171 Å². The summed E-state index contributed by atoms with van der Waals surface area (Å²) in [6, 6.07) is 12.5. The lowest BCUT2D eigenvalue weighted by Gasteiger charge is -2.15. The number of nitrogens with one attached hydrogen (secondary N) is 1. The molecule has 1 N–H and O–H groups in total. The van der Waals surface area contributed by atoms with Crippen molar-refractivity contribution in [3.63, 3.8) is 0 Å².